The maximum absolute atomic E-state index is 10.5. The molecule has 1 aromatic heterocycles. The number of aliphatic hydroxyl groups excluding tert-OH is 1. The molecule has 20 heavy (non-hydrogen) atoms. The molecule has 1 N–H and O–H groups in total. The first-order valence-electron chi connectivity index (χ1n) is 6.97. The summed E-state index contributed by atoms with van der Waals surface area (Å²) in [6.07, 6.45) is 2.32. The predicted octanol–water partition coefficient (Wildman–Crippen LogP) is 4.43. The van der Waals surface area contributed by atoms with E-state index >= 15 is 0 Å². The van der Waals surface area contributed by atoms with Crippen molar-refractivity contribution in [2.45, 2.75) is 39.2 Å². The Labute approximate surface area is 125 Å². The first kappa shape index (κ1) is 15.1. The minimum Gasteiger partial charge on any atom is -0.496 e. The van der Waals surface area contributed by atoms with Crippen molar-refractivity contribution in [1.29, 1.82) is 0 Å². The van der Waals surface area contributed by atoms with Crippen LogP contribution in [0.25, 0.3) is 0 Å². The highest BCUT2D eigenvalue weighted by atomic mass is 32.1. The van der Waals surface area contributed by atoms with Crippen LogP contribution in [0.1, 0.15) is 40.5 Å². The van der Waals surface area contributed by atoms with Crippen LogP contribution in [0.2, 0.25) is 0 Å². The average molecular weight is 290 g/mol. The molecule has 1 heterocycles. The summed E-state index contributed by atoms with van der Waals surface area (Å²) in [6.45, 7) is 4.08. The van der Waals surface area contributed by atoms with Crippen LogP contribution in [-0.4, -0.2) is 12.2 Å². The Morgan fingerprint density at radius 3 is 2.75 bits per heavy atom. The molecule has 1 unspecified atom stereocenters. The largest absolute Gasteiger partial charge is 0.496 e. The second-order valence-corrected chi connectivity index (χ2v) is 6.22. The monoisotopic (exact) mass is 290 g/mol. The van der Waals surface area contributed by atoms with Crippen molar-refractivity contribution in [3.05, 3.63) is 51.2 Å². The van der Waals surface area contributed by atoms with Crippen LogP contribution >= 0.6 is 11.3 Å². The summed E-state index contributed by atoms with van der Waals surface area (Å²) in [6, 6.07) is 8.31. The second kappa shape index (κ2) is 6.91. The molecule has 1 atom stereocenters. The smallest absolute Gasteiger partial charge is 0.125 e. The number of benzene rings is 1. The molecular weight excluding hydrogens is 268 g/mol. The van der Waals surface area contributed by atoms with Crippen LogP contribution in [0.5, 0.6) is 5.75 Å². The molecule has 0 amide bonds. The second-order valence-electron chi connectivity index (χ2n) is 5.19. The van der Waals surface area contributed by atoms with Crippen molar-refractivity contribution in [3.63, 3.8) is 0 Å². The lowest BCUT2D eigenvalue weighted by Crippen LogP contribution is -2.04. The summed E-state index contributed by atoms with van der Waals surface area (Å²) in [5, 5.41) is 12.6. The fourth-order valence-electron chi connectivity index (χ4n) is 2.60. The molecule has 0 aliphatic rings. The van der Waals surface area contributed by atoms with Crippen molar-refractivity contribution in [1.82, 2.24) is 0 Å². The number of rotatable bonds is 6. The van der Waals surface area contributed by atoms with E-state index in [0.29, 0.717) is 0 Å². The molecule has 0 spiro atoms. The maximum Gasteiger partial charge on any atom is 0.125 e. The lowest BCUT2D eigenvalue weighted by atomic mass is 9.96. The lowest BCUT2D eigenvalue weighted by Gasteiger charge is -2.18. The summed E-state index contributed by atoms with van der Waals surface area (Å²) in [5.74, 6) is 0.797. The van der Waals surface area contributed by atoms with E-state index in [0.717, 1.165) is 41.7 Å². The molecule has 0 saturated heterocycles. The van der Waals surface area contributed by atoms with E-state index < -0.39 is 6.10 Å². The zero-order valence-corrected chi connectivity index (χ0v) is 13.2. The Morgan fingerprint density at radius 1 is 1.30 bits per heavy atom. The van der Waals surface area contributed by atoms with Gasteiger partial charge in [0.15, 0.2) is 0 Å². The number of methoxy groups -OCH3 is 1. The van der Waals surface area contributed by atoms with E-state index in [9.17, 15) is 5.11 Å². The number of hydrogen-bond acceptors (Lipinski definition) is 3. The molecule has 3 heteroatoms. The predicted molar refractivity (Wildman–Crippen MR) is 84.7 cm³/mol. The van der Waals surface area contributed by atoms with E-state index in [-0.39, 0.29) is 0 Å². The number of thiophene rings is 1. The Balaban J connectivity index is 2.03. The maximum atomic E-state index is 10.5. The van der Waals surface area contributed by atoms with Gasteiger partial charge in [0, 0.05) is 10.4 Å². The molecule has 2 aromatic rings. The summed E-state index contributed by atoms with van der Waals surface area (Å²) >= 11 is 1.78. The normalized spacial score (nSPS) is 12.4. The number of ether oxygens (including phenoxy) is 1. The first-order valence-corrected chi connectivity index (χ1v) is 7.85. The zero-order chi connectivity index (χ0) is 14.5. The standard InChI is InChI=1S/C17H22O2S/c1-12-10-13(2)17(16(11-12)19-3)15(18)8-4-6-14-7-5-9-20-14/h5,7,9-11,15,18H,4,6,8H2,1-3H3. The molecule has 0 bridgehead atoms. The molecule has 2 nitrogen and oxygen atoms in total. The number of aryl methyl sites for hydroxylation is 3. The molecule has 0 fully saturated rings. The van der Waals surface area contributed by atoms with Crippen LogP contribution < -0.4 is 4.74 Å². The molecule has 0 saturated carbocycles. The molecule has 0 aliphatic carbocycles. The van der Waals surface area contributed by atoms with Gasteiger partial charge in [-0.25, -0.2) is 0 Å². The Bertz CT molecular complexity index is 546. The van der Waals surface area contributed by atoms with E-state index in [1.54, 1.807) is 18.4 Å². The summed E-state index contributed by atoms with van der Waals surface area (Å²) in [4.78, 5) is 1.38. The Kier molecular flexibility index (Phi) is 5.21. The van der Waals surface area contributed by atoms with Crippen molar-refractivity contribution in [2.75, 3.05) is 7.11 Å². The van der Waals surface area contributed by atoms with Gasteiger partial charge in [0.05, 0.1) is 13.2 Å². The van der Waals surface area contributed by atoms with Crippen LogP contribution in [0.3, 0.4) is 0 Å². The van der Waals surface area contributed by atoms with E-state index in [1.165, 1.54) is 4.88 Å². The van der Waals surface area contributed by atoms with Gasteiger partial charge in [0.2, 0.25) is 0 Å². The highest BCUT2D eigenvalue weighted by Gasteiger charge is 2.16. The van der Waals surface area contributed by atoms with E-state index in [1.807, 2.05) is 19.9 Å². The highest BCUT2D eigenvalue weighted by Crippen LogP contribution is 2.32. The summed E-state index contributed by atoms with van der Waals surface area (Å²) in [7, 11) is 1.66. The van der Waals surface area contributed by atoms with Gasteiger partial charge in [-0.1, -0.05) is 12.1 Å². The van der Waals surface area contributed by atoms with E-state index in [2.05, 4.69) is 23.6 Å². The van der Waals surface area contributed by atoms with Gasteiger partial charge >= 0.3 is 0 Å². The fourth-order valence-corrected chi connectivity index (χ4v) is 3.36. The number of aliphatic hydroxyl groups is 1. The molecule has 2 rings (SSSR count). The molecule has 0 radical (unpaired) electrons. The van der Waals surface area contributed by atoms with Crippen LogP contribution in [0.15, 0.2) is 29.6 Å². The third-order valence-electron chi connectivity index (χ3n) is 3.53. The molecule has 108 valence electrons. The van der Waals surface area contributed by atoms with Crippen molar-refractivity contribution in [3.8, 4) is 5.75 Å². The van der Waals surface area contributed by atoms with Crippen molar-refractivity contribution < 1.29 is 9.84 Å². The highest BCUT2D eigenvalue weighted by molar-refractivity contribution is 7.09. The summed E-state index contributed by atoms with van der Waals surface area (Å²) in [5.41, 5.74) is 3.20. The SMILES string of the molecule is COc1cc(C)cc(C)c1C(O)CCCc1cccs1. The van der Waals surface area contributed by atoms with Gasteiger partial charge in [0.25, 0.3) is 0 Å². The molecule has 0 aliphatic heterocycles. The minimum atomic E-state index is -0.453. The van der Waals surface area contributed by atoms with Crippen LogP contribution in [-0.2, 0) is 6.42 Å². The van der Waals surface area contributed by atoms with Gasteiger partial charge in [-0.15, -0.1) is 11.3 Å². The average Bonchev–Trinajstić information content (AvgIpc) is 2.90. The molecule has 1 aromatic carbocycles. The van der Waals surface area contributed by atoms with Gasteiger partial charge in [0.1, 0.15) is 5.75 Å². The minimum absolute atomic E-state index is 0.453. The fraction of sp³-hybridized carbons (Fsp3) is 0.412. The molecular formula is C17H22O2S. The van der Waals surface area contributed by atoms with Gasteiger partial charge in [-0.3, -0.25) is 0 Å². The van der Waals surface area contributed by atoms with Gasteiger partial charge in [-0.2, -0.15) is 0 Å². The lowest BCUT2D eigenvalue weighted by molar-refractivity contribution is 0.160. The topological polar surface area (TPSA) is 29.5 Å². The van der Waals surface area contributed by atoms with Crippen LogP contribution in [0, 0.1) is 13.8 Å². The van der Waals surface area contributed by atoms with Crippen molar-refractivity contribution in [2.24, 2.45) is 0 Å². The Morgan fingerprint density at radius 2 is 2.10 bits per heavy atom. The van der Waals surface area contributed by atoms with Crippen molar-refractivity contribution >= 4 is 11.3 Å². The third-order valence-corrected chi connectivity index (χ3v) is 4.46. The van der Waals surface area contributed by atoms with E-state index in [4.69, 9.17) is 4.74 Å². The quantitative estimate of drug-likeness (QED) is 0.853. The first-order chi connectivity index (χ1) is 9.61. The summed E-state index contributed by atoms with van der Waals surface area (Å²) < 4.78 is 5.42. The zero-order valence-electron chi connectivity index (χ0n) is 12.3. The third kappa shape index (κ3) is 3.62. The number of hydrogen-bond donors (Lipinski definition) is 1. The van der Waals surface area contributed by atoms with Crippen LogP contribution in [0.4, 0.5) is 0 Å². The van der Waals surface area contributed by atoms with Gasteiger partial charge < -0.3 is 9.84 Å². The van der Waals surface area contributed by atoms with Gasteiger partial charge in [-0.05, 0) is 61.7 Å². The Hall–Kier alpha value is -1.32.